The largest absolute Gasteiger partial charge is 0.383 e. The van der Waals surface area contributed by atoms with Crippen LogP contribution in [0.3, 0.4) is 0 Å². The van der Waals surface area contributed by atoms with E-state index in [0.29, 0.717) is 10.6 Å². The van der Waals surface area contributed by atoms with Crippen LogP contribution < -0.4 is 5.32 Å². The third-order valence-electron chi connectivity index (χ3n) is 2.67. The first-order valence-electron chi connectivity index (χ1n) is 5.48. The maximum Gasteiger partial charge on any atom is 0.256 e. The summed E-state index contributed by atoms with van der Waals surface area (Å²) in [6.45, 7) is 0. The minimum absolute atomic E-state index is 0.296. The Bertz CT molecular complexity index is 520. The number of amides is 2. The highest BCUT2D eigenvalue weighted by Crippen LogP contribution is 2.30. The summed E-state index contributed by atoms with van der Waals surface area (Å²) in [5, 5.41) is 2.93. The molecule has 1 aliphatic heterocycles. The summed E-state index contributed by atoms with van der Waals surface area (Å²) >= 11 is 5.81. The Kier molecular flexibility index (Phi) is 3.39. The molecule has 0 bridgehead atoms. The average molecular weight is 265 g/mol. The number of imide groups is 1. The highest BCUT2D eigenvalue weighted by molar-refractivity contribution is 6.30. The molecular formula is C13H13ClN2O2. The molecule has 1 atom stereocenters. The van der Waals surface area contributed by atoms with E-state index >= 15 is 0 Å². The number of benzene rings is 1. The third-order valence-corrected chi connectivity index (χ3v) is 2.92. The Morgan fingerprint density at radius 1 is 1.22 bits per heavy atom. The number of rotatable bonds is 2. The number of nitrogens with one attached hydrogen (secondary N) is 1. The third kappa shape index (κ3) is 2.38. The van der Waals surface area contributed by atoms with Crippen LogP contribution in [0.4, 0.5) is 0 Å². The molecule has 1 saturated heterocycles. The predicted molar refractivity (Wildman–Crippen MR) is 69.1 cm³/mol. The fourth-order valence-electron chi connectivity index (χ4n) is 1.93. The molecule has 2 rings (SSSR count). The van der Waals surface area contributed by atoms with Crippen molar-refractivity contribution in [3.63, 3.8) is 0 Å². The first-order valence-corrected chi connectivity index (χ1v) is 5.85. The van der Waals surface area contributed by atoms with Crippen LogP contribution in [0.1, 0.15) is 11.5 Å². The van der Waals surface area contributed by atoms with Gasteiger partial charge in [0.1, 0.15) is 0 Å². The van der Waals surface area contributed by atoms with E-state index in [1.54, 1.807) is 35.4 Å². The van der Waals surface area contributed by atoms with Crippen LogP contribution in [0.25, 0.3) is 0 Å². The summed E-state index contributed by atoms with van der Waals surface area (Å²) in [6.07, 6.45) is 1.67. The van der Waals surface area contributed by atoms with Crippen molar-refractivity contribution >= 4 is 23.4 Å². The summed E-state index contributed by atoms with van der Waals surface area (Å²) in [7, 11) is 3.62. The second-order valence-corrected chi connectivity index (χ2v) is 4.79. The molecule has 1 fully saturated rings. The number of hydrogen-bond donors (Lipinski definition) is 1. The second kappa shape index (κ2) is 4.82. The van der Waals surface area contributed by atoms with Gasteiger partial charge in [-0.25, -0.2) is 0 Å². The number of nitrogens with zero attached hydrogens (tertiary/aromatic N) is 1. The molecule has 0 aromatic heterocycles. The molecule has 0 aliphatic carbocycles. The highest BCUT2D eigenvalue weighted by Gasteiger charge is 2.37. The van der Waals surface area contributed by atoms with Crippen LogP contribution >= 0.6 is 11.6 Å². The minimum atomic E-state index is -0.558. The van der Waals surface area contributed by atoms with Crippen molar-refractivity contribution in [2.75, 3.05) is 14.1 Å². The normalized spacial score (nSPS) is 21.3. The first kappa shape index (κ1) is 12.6. The molecule has 4 nitrogen and oxygen atoms in total. The second-order valence-electron chi connectivity index (χ2n) is 4.35. The van der Waals surface area contributed by atoms with Gasteiger partial charge in [0.25, 0.3) is 5.91 Å². The Morgan fingerprint density at radius 2 is 1.83 bits per heavy atom. The van der Waals surface area contributed by atoms with E-state index in [-0.39, 0.29) is 11.8 Å². The van der Waals surface area contributed by atoms with Gasteiger partial charge in [0, 0.05) is 25.3 Å². The van der Waals surface area contributed by atoms with E-state index < -0.39 is 5.92 Å². The molecule has 1 heterocycles. The fourth-order valence-corrected chi connectivity index (χ4v) is 2.05. The minimum Gasteiger partial charge on any atom is -0.383 e. The maximum atomic E-state index is 11.8. The Labute approximate surface area is 110 Å². The monoisotopic (exact) mass is 264 g/mol. The van der Waals surface area contributed by atoms with Crippen molar-refractivity contribution in [3.05, 3.63) is 46.6 Å². The lowest BCUT2D eigenvalue weighted by Crippen LogP contribution is -2.21. The zero-order valence-electron chi connectivity index (χ0n) is 10.1. The maximum absolute atomic E-state index is 11.8. The van der Waals surface area contributed by atoms with Crippen LogP contribution in [-0.2, 0) is 9.59 Å². The van der Waals surface area contributed by atoms with Crippen LogP contribution in [0, 0.1) is 0 Å². The Morgan fingerprint density at radius 3 is 2.39 bits per heavy atom. The van der Waals surface area contributed by atoms with E-state index in [4.69, 9.17) is 11.6 Å². The zero-order chi connectivity index (χ0) is 13.3. The van der Waals surface area contributed by atoms with Crippen LogP contribution in [-0.4, -0.2) is 30.8 Å². The van der Waals surface area contributed by atoms with Crippen molar-refractivity contribution in [2.45, 2.75) is 5.92 Å². The molecule has 1 aromatic rings. The molecule has 2 amide bonds. The lowest BCUT2D eigenvalue weighted by atomic mass is 9.93. The van der Waals surface area contributed by atoms with Crippen molar-refractivity contribution < 1.29 is 9.59 Å². The van der Waals surface area contributed by atoms with Gasteiger partial charge in [-0.05, 0) is 17.7 Å². The van der Waals surface area contributed by atoms with Crippen molar-refractivity contribution in [1.82, 2.24) is 10.2 Å². The summed E-state index contributed by atoms with van der Waals surface area (Å²) in [5.41, 5.74) is 1.21. The first-order chi connectivity index (χ1) is 8.49. The smallest absolute Gasteiger partial charge is 0.256 e. The van der Waals surface area contributed by atoms with E-state index in [2.05, 4.69) is 5.32 Å². The van der Waals surface area contributed by atoms with Gasteiger partial charge in [-0.15, -0.1) is 0 Å². The molecule has 0 saturated carbocycles. The molecular weight excluding hydrogens is 252 g/mol. The van der Waals surface area contributed by atoms with Gasteiger partial charge in [0.05, 0.1) is 11.5 Å². The van der Waals surface area contributed by atoms with Crippen molar-refractivity contribution in [3.8, 4) is 0 Å². The summed E-state index contributed by atoms with van der Waals surface area (Å²) in [6, 6.07) is 6.93. The van der Waals surface area contributed by atoms with Crippen LogP contribution in [0.5, 0.6) is 0 Å². The van der Waals surface area contributed by atoms with Gasteiger partial charge in [-0.2, -0.15) is 0 Å². The molecule has 18 heavy (non-hydrogen) atoms. The number of hydrogen-bond acceptors (Lipinski definition) is 3. The topological polar surface area (TPSA) is 49.4 Å². The number of halogens is 1. The average Bonchev–Trinajstić information content (AvgIpc) is 2.55. The molecule has 1 N–H and O–H groups in total. The summed E-state index contributed by atoms with van der Waals surface area (Å²) in [4.78, 5) is 25.3. The molecule has 0 spiro atoms. The molecule has 1 aromatic carbocycles. The van der Waals surface area contributed by atoms with Gasteiger partial charge in [0.2, 0.25) is 5.91 Å². The summed E-state index contributed by atoms with van der Waals surface area (Å²) < 4.78 is 0. The van der Waals surface area contributed by atoms with Crippen molar-refractivity contribution in [2.24, 2.45) is 0 Å². The van der Waals surface area contributed by atoms with Gasteiger partial charge < -0.3 is 4.90 Å². The van der Waals surface area contributed by atoms with Gasteiger partial charge in [0.15, 0.2) is 0 Å². The van der Waals surface area contributed by atoms with E-state index in [1.165, 1.54) is 0 Å². The quantitative estimate of drug-likeness (QED) is 0.651. The molecule has 5 heteroatoms. The van der Waals surface area contributed by atoms with Gasteiger partial charge in [-0.3, -0.25) is 14.9 Å². The molecule has 0 radical (unpaired) electrons. The van der Waals surface area contributed by atoms with Gasteiger partial charge in [-0.1, -0.05) is 23.7 Å². The SMILES string of the molecule is CN(C)C=C1C(=O)NC(=O)C1c1ccc(Cl)cc1. The summed E-state index contributed by atoms with van der Waals surface area (Å²) in [5.74, 6) is -1.19. The number of carbonyl (C=O) groups excluding carboxylic acids is 2. The standard InChI is InChI=1S/C13H13ClN2O2/c1-16(2)7-10-11(13(18)15-12(10)17)8-3-5-9(14)6-4-8/h3-7,11H,1-2H3,(H,15,17,18). The lowest BCUT2D eigenvalue weighted by Gasteiger charge is -2.11. The van der Waals surface area contributed by atoms with Crippen molar-refractivity contribution in [1.29, 1.82) is 0 Å². The molecule has 94 valence electrons. The zero-order valence-corrected chi connectivity index (χ0v) is 10.9. The Hall–Kier alpha value is -1.81. The van der Waals surface area contributed by atoms with Crippen LogP contribution in [0.2, 0.25) is 5.02 Å². The Balaban J connectivity index is 2.43. The lowest BCUT2D eigenvalue weighted by molar-refractivity contribution is -0.124. The van der Waals surface area contributed by atoms with Gasteiger partial charge >= 0.3 is 0 Å². The molecule has 1 unspecified atom stereocenters. The highest BCUT2D eigenvalue weighted by atomic mass is 35.5. The van der Waals surface area contributed by atoms with E-state index in [0.717, 1.165) is 5.56 Å². The predicted octanol–water partition coefficient (Wildman–Crippen LogP) is 1.53. The fraction of sp³-hybridized carbons (Fsp3) is 0.231. The molecule has 1 aliphatic rings. The van der Waals surface area contributed by atoms with E-state index in [1.807, 2.05) is 14.1 Å². The van der Waals surface area contributed by atoms with E-state index in [9.17, 15) is 9.59 Å². The number of carbonyl (C=O) groups is 2. The van der Waals surface area contributed by atoms with Crippen LogP contribution in [0.15, 0.2) is 36.0 Å².